The molecule has 5 atom stereocenters. The van der Waals surface area contributed by atoms with E-state index in [2.05, 4.69) is 0 Å². The average molecular weight is 242 g/mol. The van der Waals surface area contributed by atoms with Crippen LogP contribution in [0.3, 0.4) is 0 Å². The van der Waals surface area contributed by atoms with E-state index >= 15 is 0 Å². The van der Waals surface area contributed by atoms with Gasteiger partial charge < -0.3 is 19.7 Å². The number of fused-ring (bicyclic) bond motifs is 1. The summed E-state index contributed by atoms with van der Waals surface area (Å²) in [4.78, 5) is 11.6. The molecular weight excluding hydrogens is 224 g/mol. The van der Waals surface area contributed by atoms with Crippen LogP contribution in [0.15, 0.2) is 11.8 Å². The molecule has 0 spiro atoms. The maximum Gasteiger partial charge on any atom is 0.337 e. The molecule has 0 unspecified atom stereocenters. The molecule has 96 valence electrons. The lowest BCUT2D eigenvalue weighted by atomic mass is 9.70. The molecule has 0 bridgehead atoms. The minimum absolute atomic E-state index is 0.143. The van der Waals surface area contributed by atoms with E-state index in [-0.39, 0.29) is 11.8 Å². The van der Waals surface area contributed by atoms with E-state index in [4.69, 9.17) is 9.47 Å². The zero-order valence-electron chi connectivity index (χ0n) is 10.2. The van der Waals surface area contributed by atoms with Gasteiger partial charge in [-0.3, -0.25) is 0 Å². The molecule has 1 fully saturated rings. The van der Waals surface area contributed by atoms with Crippen LogP contribution in [0.25, 0.3) is 0 Å². The number of methoxy groups -OCH3 is 1. The van der Waals surface area contributed by atoms with Crippen molar-refractivity contribution in [3.05, 3.63) is 11.8 Å². The molecule has 0 aromatic carbocycles. The van der Waals surface area contributed by atoms with Gasteiger partial charge in [-0.1, -0.05) is 13.8 Å². The molecule has 1 aliphatic carbocycles. The zero-order valence-corrected chi connectivity index (χ0v) is 10.2. The van der Waals surface area contributed by atoms with Crippen molar-refractivity contribution in [3.63, 3.8) is 0 Å². The van der Waals surface area contributed by atoms with Gasteiger partial charge in [-0.2, -0.15) is 0 Å². The Morgan fingerprint density at radius 2 is 2.24 bits per heavy atom. The van der Waals surface area contributed by atoms with Crippen LogP contribution < -0.4 is 0 Å². The lowest BCUT2D eigenvalue weighted by Gasteiger charge is -2.41. The molecule has 2 aliphatic rings. The molecular formula is C12H18O5. The quantitative estimate of drug-likeness (QED) is 0.651. The fourth-order valence-electron chi connectivity index (χ4n) is 2.97. The van der Waals surface area contributed by atoms with Crippen molar-refractivity contribution in [3.8, 4) is 0 Å². The fraction of sp³-hybridized carbons (Fsp3) is 0.750. The molecule has 5 heteroatoms. The third-order valence-electron chi connectivity index (χ3n) is 4.44. The van der Waals surface area contributed by atoms with Gasteiger partial charge in [-0.25, -0.2) is 4.79 Å². The number of carbonyl (C=O) groups excluding carboxylic acids is 1. The van der Waals surface area contributed by atoms with Crippen molar-refractivity contribution in [2.24, 2.45) is 17.3 Å². The van der Waals surface area contributed by atoms with Crippen LogP contribution in [0.4, 0.5) is 0 Å². The molecule has 5 nitrogen and oxygen atoms in total. The highest BCUT2D eigenvalue weighted by Crippen LogP contribution is 2.55. The lowest BCUT2D eigenvalue weighted by molar-refractivity contribution is -0.178. The Hall–Kier alpha value is -1.07. The first-order valence-electron chi connectivity index (χ1n) is 5.72. The number of carbonyl (C=O) groups is 1. The van der Waals surface area contributed by atoms with E-state index in [9.17, 15) is 15.0 Å². The molecule has 1 heterocycles. The van der Waals surface area contributed by atoms with Crippen molar-refractivity contribution in [2.45, 2.75) is 32.7 Å². The predicted octanol–water partition coefficient (Wildman–Crippen LogP) is 0.415. The molecule has 1 saturated carbocycles. The maximum absolute atomic E-state index is 11.6. The van der Waals surface area contributed by atoms with Gasteiger partial charge in [-0.05, 0) is 12.3 Å². The van der Waals surface area contributed by atoms with Crippen LogP contribution in [0.2, 0.25) is 0 Å². The Balaban J connectivity index is 2.40. The summed E-state index contributed by atoms with van der Waals surface area (Å²) in [5.41, 5.74) is -0.263. The molecule has 1 aliphatic heterocycles. The zero-order chi connectivity index (χ0) is 12.8. The van der Waals surface area contributed by atoms with Crippen LogP contribution in [0.1, 0.15) is 20.3 Å². The molecule has 17 heavy (non-hydrogen) atoms. The first-order valence-corrected chi connectivity index (χ1v) is 5.72. The average Bonchev–Trinajstić information content (AvgIpc) is 2.55. The highest BCUT2D eigenvalue weighted by molar-refractivity contribution is 5.89. The summed E-state index contributed by atoms with van der Waals surface area (Å²) in [7, 11) is 1.31. The van der Waals surface area contributed by atoms with Crippen molar-refractivity contribution in [1.29, 1.82) is 0 Å². The monoisotopic (exact) mass is 242 g/mol. The van der Waals surface area contributed by atoms with Crippen LogP contribution in [-0.4, -0.2) is 35.7 Å². The van der Waals surface area contributed by atoms with Gasteiger partial charge in [0, 0.05) is 11.3 Å². The SMILES string of the molecule is COC(=O)C1=CO[C@@H](O)[C@@]2(C)[C@@H]1C[C@H](O)[C@@H]2C. The van der Waals surface area contributed by atoms with Crippen LogP contribution in [0.5, 0.6) is 0 Å². The molecule has 2 N–H and O–H groups in total. The van der Waals surface area contributed by atoms with E-state index < -0.39 is 23.8 Å². The second-order valence-electron chi connectivity index (χ2n) is 5.06. The summed E-state index contributed by atoms with van der Waals surface area (Å²) < 4.78 is 9.83. The second kappa shape index (κ2) is 3.99. The number of hydrogen-bond donors (Lipinski definition) is 2. The van der Waals surface area contributed by atoms with E-state index in [0.717, 1.165) is 0 Å². The fourth-order valence-corrected chi connectivity index (χ4v) is 2.97. The van der Waals surface area contributed by atoms with Crippen LogP contribution in [0, 0.1) is 17.3 Å². The number of aliphatic hydroxyl groups is 2. The summed E-state index contributed by atoms with van der Waals surface area (Å²) in [5.74, 6) is -0.839. The number of hydrogen-bond acceptors (Lipinski definition) is 5. The van der Waals surface area contributed by atoms with Gasteiger partial charge in [0.25, 0.3) is 0 Å². The second-order valence-corrected chi connectivity index (χ2v) is 5.06. The van der Waals surface area contributed by atoms with Crippen LogP contribution in [-0.2, 0) is 14.3 Å². The van der Waals surface area contributed by atoms with Gasteiger partial charge in [0.1, 0.15) is 0 Å². The van der Waals surface area contributed by atoms with Crippen molar-refractivity contribution in [2.75, 3.05) is 7.11 Å². The number of aliphatic hydroxyl groups excluding tert-OH is 2. The van der Waals surface area contributed by atoms with Crippen molar-refractivity contribution in [1.82, 2.24) is 0 Å². The smallest absolute Gasteiger partial charge is 0.337 e. The molecule has 0 amide bonds. The van der Waals surface area contributed by atoms with Gasteiger partial charge in [-0.15, -0.1) is 0 Å². The van der Waals surface area contributed by atoms with Crippen molar-refractivity contribution < 1.29 is 24.5 Å². The Morgan fingerprint density at radius 1 is 1.59 bits per heavy atom. The molecule has 0 aromatic rings. The summed E-state index contributed by atoms with van der Waals surface area (Å²) in [6.45, 7) is 3.69. The Labute approximate surface area is 100 Å². The number of esters is 1. The minimum Gasteiger partial charge on any atom is -0.472 e. The van der Waals surface area contributed by atoms with E-state index in [1.54, 1.807) is 0 Å². The normalized spacial score (nSPS) is 44.6. The third kappa shape index (κ3) is 1.57. The third-order valence-corrected chi connectivity index (χ3v) is 4.44. The van der Waals surface area contributed by atoms with Gasteiger partial charge in [0.2, 0.25) is 6.29 Å². The molecule has 2 rings (SSSR count). The highest BCUT2D eigenvalue weighted by Gasteiger charge is 2.58. The molecule has 0 aromatic heterocycles. The first-order chi connectivity index (χ1) is 7.92. The topological polar surface area (TPSA) is 76.0 Å². The first kappa shape index (κ1) is 12.4. The predicted molar refractivity (Wildman–Crippen MR) is 58.6 cm³/mol. The summed E-state index contributed by atoms with van der Waals surface area (Å²) >= 11 is 0. The Morgan fingerprint density at radius 3 is 2.82 bits per heavy atom. The Bertz CT molecular complexity index is 364. The lowest BCUT2D eigenvalue weighted by Crippen LogP contribution is -2.46. The van der Waals surface area contributed by atoms with Crippen molar-refractivity contribution >= 4 is 5.97 Å². The largest absolute Gasteiger partial charge is 0.472 e. The van der Waals surface area contributed by atoms with E-state index in [0.29, 0.717) is 12.0 Å². The van der Waals surface area contributed by atoms with Gasteiger partial charge >= 0.3 is 5.97 Å². The number of rotatable bonds is 1. The summed E-state index contributed by atoms with van der Waals surface area (Å²) in [5, 5.41) is 19.9. The number of ether oxygens (including phenoxy) is 2. The summed E-state index contributed by atoms with van der Waals surface area (Å²) in [6, 6.07) is 0. The standard InChI is InChI=1S/C12H18O5/c1-6-9(13)4-8-7(10(14)16-3)5-17-11(15)12(6,8)2/h5-6,8-9,11,13,15H,4H2,1-3H3/t6-,8+,9-,11+,12+/m0/s1. The Kier molecular flexibility index (Phi) is 2.91. The van der Waals surface area contributed by atoms with E-state index in [1.807, 2.05) is 13.8 Å². The minimum atomic E-state index is -1.01. The summed E-state index contributed by atoms with van der Waals surface area (Å²) in [6.07, 6.45) is 0.148. The highest BCUT2D eigenvalue weighted by atomic mass is 16.6. The molecule has 0 radical (unpaired) electrons. The molecule has 0 saturated heterocycles. The maximum atomic E-state index is 11.6. The van der Waals surface area contributed by atoms with Crippen LogP contribution >= 0.6 is 0 Å². The van der Waals surface area contributed by atoms with Gasteiger partial charge in [0.05, 0.1) is 25.0 Å². The van der Waals surface area contributed by atoms with E-state index in [1.165, 1.54) is 13.4 Å². The van der Waals surface area contributed by atoms with Gasteiger partial charge in [0.15, 0.2) is 0 Å².